The normalized spacial score (nSPS) is 19.1. The van der Waals surface area contributed by atoms with Crippen molar-refractivity contribution in [1.82, 2.24) is 5.32 Å². The van der Waals surface area contributed by atoms with E-state index >= 15 is 0 Å². The minimum atomic E-state index is -0.569. The van der Waals surface area contributed by atoms with Gasteiger partial charge in [0.15, 0.2) is 0 Å². The van der Waals surface area contributed by atoms with Crippen molar-refractivity contribution in [3.8, 4) is 0 Å². The van der Waals surface area contributed by atoms with Crippen LogP contribution in [-0.4, -0.2) is 23.0 Å². The van der Waals surface area contributed by atoms with Gasteiger partial charge >= 0.3 is 0 Å². The summed E-state index contributed by atoms with van der Waals surface area (Å²) in [5, 5.41) is 13.8. The van der Waals surface area contributed by atoms with Gasteiger partial charge < -0.3 is 5.32 Å². The van der Waals surface area contributed by atoms with E-state index in [0.29, 0.717) is 18.0 Å². The molecule has 1 aliphatic heterocycles. The molecule has 4 nitrogen and oxygen atoms in total. The van der Waals surface area contributed by atoms with Crippen molar-refractivity contribution in [2.24, 2.45) is 5.92 Å². The van der Waals surface area contributed by atoms with Gasteiger partial charge in [-0.05, 0) is 42.0 Å². The van der Waals surface area contributed by atoms with Gasteiger partial charge in [0.2, 0.25) is 0 Å². The Morgan fingerprint density at radius 1 is 1.50 bits per heavy atom. The lowest BCUT2D eigenvalue weighted by molar-refractivity contribution is -0.385. The van der Waals surface area contributed by atoms with E-state index in [9.17, 15) is 14.5 Å². The quantitative estimate of drug-likeness (QED) is 0.660. The standard InChI is InChI=1S/C12H15FN2O2S/c13-11-3-10(4-12(5-11)15(16)17)7-14-6-9-1-2-18-8-9/h3-5,9,14H,1-2,6-8H2. The Hall–Kier alpha value is -1.14. The van der Waals surface area contributed by atoms with Crippen molar-refractivity contribution < 1.29 is 9.31 Å². The second-order valence-electron chi connectivity index (χ2n) is 4.44. The molecule has 0 bridgehead atoms. The van der Waals surface area contributed by atoms with Crippen LogP contribution in [0.3, 0.4) is 0 Å². The van der Waals surface area contributed by atoms with E-state index in [4.69, 9.17) is 0 Å². The predicted molar refractivity (Wildman–Crippen MR) is 70.2 cm³/mol. The van der Waals surface area contributed by atoms with Crippen LogP contribution in [-0.2, 0) is 6.54 Å². The highest BCUT2D eigenvalue weighted by Crippen LogP contribution is 2.22. The van der Waals surface area contributed by atoms with E-state index < -0.39 is 10.7 Å². The monoisotopic (exact) mass is 270 g/mol. The van der Waals surface area contributed by atoms with Crippen molar-refractivity contribution in [3.63, 3.8) is 0 Å². The van der Waals surface area contributed by atoms with Gasteiger partial charge in [-0.15, -0.1) is 0 Å². The summed E-state index contributed by atoms with van der Waals surface area (Å²) in [6.07, 6.45) is 1.21. The van der Waals surface area contributed by atoms with Gasteiger partial charge in [-0.3, -0.25) is 10.1 Å². The molecule has 0 amide bonds. The summed E-state index contributed by atoms with van der Waals surface area (Å²) < 4.78 is 13.2. The number of nitrogens with one attached hydrogen (secondary N) is 1. The second kappa shape index (κ2) is 6.15. The first-order valence-corrected chi connectivity index (χ1v) is 7.03. The van der Waals surface area contributed by atoms with Crippen molar-refractivity contribution in [1.29, 1.82) is 0 Å². The van der Waals surface area contributed by atoms with E-state index in [-0.39, 0.29) is 5.69 Å². The SMILES string of the molecule is O=[N+]([O-])c1cc(F)cc(CNCC2CCSC2)c1. The zero-order valence-corrected chi connectivity index (χ0v) is 10.7. The van der Waals surface area contributed by atoms with Crippen molar-refractivity contribution in [3.05, 3.63) is 39.7 Å². The molecular formula is C12H15FN2O2S. The van der Waals surface area contributed by atoms with Crippen LogP contribution in [0.15, 0.2) is 18.2 Å². The van der Waals surface area contributed by atoms with Crippen LogP contribution >= 0.6 is 11.8 Å². The van der Waals surface area contributed by atoms with E-state index in [1.54, 1.807) is 0 Å². The average molecular weight is 270 g/mol. The predicted octanol–water partition coefficient (Wildman–Crippen LogP) is 2.58. The molecule has 2 rings (SSSR count). The van der Waals surface area contributed by atoms with Gasteiger partial charge in [0, 0.05) is 12.6 Å². The summed E-state index contributed by atoms with van der Waals surface area (Å²) >= 11 is 1.95. The summed E-state index contributed by atoms with van der Waals surface area (Å²) in [5.41, 5.74) is 0.426. The molecule has 1 N–H and O–H groups in total. The fraction of sp³-hybridized carbons (Fsp3) is 0.500. The van der Waals surface area contributed by atoms with Crippen molar-refractivity contribution in [2.75, 3.05) is 18.1 Å². The minimum absolute atomic E-state index is 0.191. The number of hydrogen-bond donors (Lipinski definition) is 1. The van der Waals surface area contributed by atoms with Gasteiger partial charge in [0.05, 0.1) is 11.0 Å². The van der Waals surface area contributed by atoms with Crippen LogP contribution in [0.5, 0.6) is 0 Å². The molecule has 0 saturated carbocycles. The Bertz CT molecular complexity index is 436. The van der Waals surface area contributed by atoms with E-state index in [0.717, 1.165) is 18.4 Å². The van der Waals surface area contributed by atoms with Crippen LogP contribution in [0.2, 0.25) is 0 Å². The molecule has 0 aliphatic carbocycles. The third kappa shape index (κ3) is 3.68. The zero-order valence-electron chi connectivity index (χ0n) is 9.89. The highest BCUT2D eigenvalue weighted by atomic mass is 32.2. The molecule has 6 heteroatoms. The molecule has 1 saturated heterocycles. The van der Waals surface area contributed by atoms with Crippen LogP contribution < -0.4 is 5.32 Å². The number of nitro benzene ring substituents is 1. The van der Waals surface area contributed by atoms with Crippen molar-refractivity contribution >= 4 is 17.4 Å². The molecule has 1 aromatic carbocycles. The average Bonchev–Trinajstić information content (AvgIpc) is 2.81. The van der Waals surface area contributed by atoms with Gasteiger partial charge in [-0.2, -0.15) is 11.8 Å². The Morgan fingerprint density at radius 3 is 3.00 bits per heavy atom. The van der Waals surface area contributed by atoms with E-state index in [1.807, 2.05) is 11.8 Å². The lowest BCUT2D eigenvalue weighted by Gasteiger charge is -2.09. The molecule has 1 fully saturated rings. The van der Waals surface area contributed by atoms with Crippen molar-refractivity contribution in [2.45, 2.75) is 13.0 Å². The number of benzene rings is 1. The molecule has 1 atom stereocenters. The molecule has 98 valence electrons. The zero-order chi connectivity index (χ0) is 13.0. The van der Waals surface area contributed by atoms with Gasteiger partial charge in [-0.1, -0.05) is 0 Å². The lowest BCUT2D eigenvalue weighted by Crippen LogP contribution is -2.22. The first-order chi connectivity index (χ1) is 8.65. The number of thioether (sulfide) groups is 1. The van der Waals surface area contributed by atoms with E-state index in [2.05, 4.69) is 5.32 Å². The second-order valence-corrected chi connectivity index (χ2v) is 5.59. The summed E-state index contributed by atoms with van der Waals surface area (Å²) in [7, 11) is 0. The van der Waals surface area contributed by atoms with Gasteiger partial charge in [0.25, 0.3) is 5.69 Å². The number of nitro groups is 1. The number of non-ortho nitro benzene ring substituents is 1. The summed E-state index contributed by atoms with van der Waals surface area (Å²) in [4.78, 5) is 10.0. The number of halogens is 1. The Labute approximate surface area is 109 Å². The molecule has 1 aliphatic rings. The van der Waals surface area contributed by atoms with Crippen LogP contribution in [0.4, 0.5) is 10.1 Å². The molecule has 1 aromatic rings. The molecular weight excluding hydrogens is 255 g/mol. The number of hydrogen-bond acceptors (Lipinski definition) is 4. The van der Waals surface area contributed by atoms with Gasteiger partial charge in [0.1, 0.15) is 5.82 Å². The Morgan fingerprint density at radius 2 is 2.33 bits per heavy atom. The summed E-state index contributed by atoms with van der Waals surface area (Å²) in [6, 6.07) is 3.69. The van der Waals surface area contributed by atoms with Crippen LogP contribution in [0, 0.1) is 21.8 Å². The highest BCUT2D eigenvalue weighted by molar-refractivity contribution is 7.99. The number of nitrogens with zero attached hydrogens (tertiary/aromatic N) is 1. The largest absolute Gasteiger partial charge is 0.312 e. The Balaban J connectivity index is 1.89. The maximum atomic E-state index is 13.2. The topological polar surface area (TPSA) is 55.2 Å². The smallest absolute Gasteiger partial charge is 0.272 e. The molecule has 0 radical (unpaired) electrons. The maximum Gasteiger partial charge on any atom is 0.272 e. The Kier molecular flexibility index (Phi) is 4.54. The minimum Gasteiger partial charge on any atom is -0.312 e. The van der Waals surface area contributed by atoms with Crippen LogP contribution in [0.1, 0.15) is 12.0 Å². The molecule has 18 heavy (non-hydrogen) atoms. The molecule has 0 aromatic heterocycles. The first kappa shape index (κ1) is 13.3. The number of rotatable bonds is 5. The third-order valence-electron chi connectivity index (χ3n) is 2.94. The molecule has 1 unspecified atom stereocenters. The fourth-order valence-electron chi connectivity index (χ4n) is 2.01. The van der Waals surface area contributed by atoms with E-state index in [1.165, 1.54) is 24.3 Å². The highest BCUT2D eigenvalue weighted by Gasteiger charge is 2.15. The van der Waals surface area contributed by atoms with Gasteiger partial charge in [-0.25, -0.2) is 4.39 Å². The maximum absolute atomic E-state index is 13.2. The molecule has 1 heterocycles. The summed E-state index contributed by atoms with van der Waals surface area (Å²) in [5.74, 6) is 2.48. The third-order valence-corrected chi connectivity index (χ3v) is 4.17. The summed E-state index contributed by atoms with van der Waals surface area (Å²) in [6.45, 7) is 1.36. The lowest BCUT2D eigenvalue weighted by atomic mass is 10.1. The molecule has 0 spiro atoms. The first-order valence-electron chi connectivity index (χ1n) is 5.87. The van der Waals surface area contributed by atoms with Crippen LogP contribution in [0.25, 0.3) is 0 Å². The fourth-order valence-corrected chi connectivity index (χ4v) is 3.29.